The number of hydrogen-bond acceptors (Lipinski definition) is 3. The molecule has 1 saturated carbocycles. The van der Waals surface area contributed by atoms with Gasteiger partial charge in [-0.25, -0.2) is 4.79 Å². The summed E-state index contributed by atoms with van der Waals surface area (Å²) in [5, 5.41) is 0. The fraction of sp³-hybridized carbons (Fsp3) is 0.611. The lowest BCUT2D eigenvalue weighted by molar-refractivity contribution is 0.0222. The molecule has 0 spiro atoms. The van der Waals surface area contributed by atoms with E-state index in [1.807, 2.05) is 26.8 Å². The van der Waals surface area contributed by atoms with Crippen LogP contribution in [0.15, 0.2) is 12.1 Å². The van der Waals surface area contributed by atoms with Crippen molar-refractivity contribution in [1.82, 2.24) is 4.90 Å². The summed E-state index contributed by atoms with van der Waals surface area (Å²) in [6, 6.07) is 4.25. The molecule has 0 saturated heterocycles. The highest BCUT2D eigenvalue weighted by atomic mass is 16.6. The molecular weight excluding hydrogens is 278 g/mol. The van der Waals surface area contributed by atoms with Crippen LogP contribution in [0.1, 0.15) is 56.2 Å². The Morgan fingerprint density at radius 3 is 2.55 bits per heavy atom. The van der Waals surface area contributed by atoms with Crippen molar-refractivity contribution in [1.29, 1.82) is 0 Å². The number of fused-ring (bicyclic) bond motifs is 1. The second-order valence-electron chi connectivity index (χ2n) is 7.24. The third-order valence-electron chi connectivity index (χ3n) is 4.29. The molecule has 1 aliphatic carbocycles. The highest BCUT2D eigenvalue weighted by Crippen LogP contribution is 2.45. The normalized spacial score (nSPS) is 17.9. The summed E-state index contributed by atoms with van der Waals surface area (Å²) in [6.07, 6.45) is 3.22. The number of rotatable bonds is 2. The smallest absolute Gasteiger partial charge is 0.410 e. The Hall–Kier alpha value is -1.71. The average Bonchev–Trinajstić information content (AvgIpc) is 3.28. The molecule has 1 aromatic carbocycles. The molecule has 1 heterocycles. The van der Waals surface area contributed by atoms with Gasteiger partial charge in [-0.2, -0.15) is 0 Å². The summed E-state index contributed by atoms with van der Waals surface area (Å²) < 4.78 is 11.0. The molecule has 0 bridgehead atoms. The van der Waals surface area contributed by atoms with Gasteiger partial charge < -0.3 is 14.4 Å². The molecular formula is C18H25NO3. The molecule has 4 nitrogen and oxygen atoms in total. The molecule has 4 heteroatoms. The molecule has 1 aromatic rings. The van der Waals surface area contributed by atoms with Gasteiger partial charge in [-0.05, 0) is 63.1 Å². The van der Waals surface area contributed by atoms with E-state index in [1.165, 1.54) is 24.0 Å². The molecule has 0 N–H and O–H groups in total. The van der Waals surface area contributed by atoms with E-state index >= 15 is 0 Å². The fourth-order valence-electron chi connectivity index (χ4n) is 3.13. The van der Waals surface area contributed by atoms with Gasteiger partial charge >= 0.3 is 6.09 Å². The Morgan fingerprint density at radius 2 is 1.95 bits per heavy atom. The minimum absolute atomic E-state index is 0.239. The highest BCUT2D eigenvalue weighted by Gasteiger charge is 2.32. The lowest BCUT2D eigenvalue weighted by atomic mass is 9.91. The summed E-state index contributed by atoms with van der Waals surface area (Å²) in [7, 11) is 1.69. The van der Waals surface area contributed by atoms with E-state index < -0.39 is 5.60 Å². The first-order chi connectivity index (χ1) is 10.4. The predicted octanol–water partition coefficient (Wildman–Crippen LogP) is 3.87. The zero-order valence-corrected chi connectivity index (χ0v) is 13.9. The van der Waals surface area contributed by atoms with Crippen LogP contribution in [0.3, 0.4) is 0 Å². The van der Waals surface area contributed by atoms with Crippen LogP contribution in [0.4, 0.5) is 4.79 Å². The Kier molecular flexibility index (Phi) is 3.79. The Balaban J connectivity index is 1.85. The number of carbonyl (C=O) groups is 1. The summed E-state index contributed by atoms with van der Waals surface area (Å²) in [4.78, 5) is 14.1. The van der Waals surface area contributed by atoms with Crippen LogP contribution in [0.25, 0.3) is 0 Å². The molecule has 0 unspecified atom stereocenters. The van der Waals surface area contributed by atoms with Crippen molar-refractivity contribution < 1.29 is 14.3 Å². The second-order valence-corrected chi connectivity index (χ2v) is 7.24. The van der Waals surface area contributed by atoms with Crippen molar-refractivity contribution >= 4 is 6.09 Å². The molecule has 120 valence electrons. The van der Waals surface area contributed by atoms with Crippen LogP contribution >= 0.6 is 0 Å². The minimum Gasteiger partial charge on any atom is -0.496 e. The SMILES string of the molecule is COc1ccc(C2CC2)c2c1CN(C(=O)OC(C)(C)C)CC2. The molecule has 22 heavy (non-hydrogen) atoms. The summed E-state index contributed by atoms with van der Waals surface area (Å²) in [5.41, 5.74) is 3.54. The van der Waals surface area contributed by atoms with Crippen molar-refractivity contribution in [2.24, 2.45) is 0 Å². The van der Waals surface area contributed by atoms with Gasteiger partial charge in [0.2, 0.25) is 0 Å². The standard InChI is InChI=1S/C18H25NO3/c1-18(2,3)22-17(20)19-10-9-14-13(12-5-6-12)7-8-16(21-4)15(14)11-19/h7-8,12H,5-6,9-11H2,1-4H3. The first-order valence-corrected chi connectivity index (χ1v) is 8.05. The average molecular weight is 303 g/mol. The third-order valence-corrected chi connectivity index (χ3v) is 4.29. The van der Waals surface area contributed by atoms with E-state index in [4.69, 9.17) is 9.47 Å². The zero-order chi connectivity index (χ0) is 15.9. The maximum absolute atomic E-state index is 12.3. The van der Waals surface area contributed by atoms with E-state index in [9.17, 15) is 4.79 Å². The van der Waals surface area contributed by atoms with E-state index in [1.54, 1.807) is 12.0 Å². The number of ether oxygens (including phenoxy) is 2. The quantitative estimate of drug-likeness (QED) is 0.832. The zero-order valence-electron chi connectivity index (χ0n) is 13.9. The van der Waals surface area contributed by atoms with Gasteiger partial charge in [0.1, 0.15) is 11.4 Å². The molecule has 2 aliphatic rings. The van der Waals surface area contributed by atoms with Gasteiger partial charge in [-0.1, -0.05) is 6.07 Å². The van der Waals surface area contributed by atoms with Gasteiger partial charge in [0, 0.05) is 12.1 Å². The van der Waals surface area contributed by atoms with Crippen LogP contribution in [-0.2, 0) is 17.7 Å². The van der Waals surface area contributed by atoms with Crippen molar-refractivity contribution in [3.05, 3.63) is 28.8 Å². The number of nitrogens with zero attached hydrogens (tertiary/aromatic N) is 1. The predicted molar refractivity (Wildman–Crippen MR) is 85.3 cm³/mol. The summed E-state index contributed by atoms with van der Waals surface area (Å²) in [6.45, 7) is 6.99. The highest BCUT2D eigenvalue weighted by molar-refractivity contribution is 5.69. The summed E-state index contributed by atoms with van der Waals surface area (Å²) in [5.74, 6) is 1.60. The first kappa shape index (κ1) is 15.2. The topological polar surface area (TPSA) is 38.8 Å². The fourth-order valence-corrected chi connectivity index (χ4v) is 3.13. The van der Waals surface area contributed by atoms with Crippen LogP contribution in [0.2, 0.25) is 0 Å². The maximum Gasteiger partial charge on any atom is 0.410 e. The van der Waals surface area contributed by atoms with Gasteiger partial charge in [-0.3, -0.25) is 0 Å². The molecule has 3 rings (SSSR count). The Morgan fingerprint density at radius 1 is 1.23 bits per heavy atom. The molecule has 1 fully saturated rings. The van der Waals surface area contributed by atoms with E-state index in [0.29, 0.717) is 12.5 Å². The first-order valence-electron chi connectivity index (χ1n) is 8.05. The van der Waals surface area contributed by atoms with Crippen LogP contribution in [0, 0.1) is 0 Å². The monoisotopic (exact) mass is 303 g/mol. The van der Waals surface area contributed by atoms with E-state index in [-0.39, 0.29) is 6.09 Å². The number of benzene rings is 1. The molecule has 0 aromatic heterocycles. The molecule has 0 atom stereocenters. The van der Waals surface area contributed by atoms with Crippen molar-refractivity contribution in [2.45, 2.75) is 58.1 Å². The lowest BCUT2D eigenvalue weighted by Gasteiger charge is -2.33. The lowest BCUT2D eigenvalue weighted by Crippen LogP contribution is -2.40. The van der Waals surface area contributed by atoms with Crippen molar-refractivity contribution in [2.75, 3.05) is 13.7 Å². The number of carbonyl (C=O) groups excluding carboxylic acids is 1. The van der Waals surface area contributed by atoms with Crippen molar-refractivity contribution in [3.8, 4) is 5.75 Å². The van der Waals surface area contributed by atoms with Gasteiger partial charge in [0.05, 0.1) is 13.7 Å². The molecule has 0 radical (unpaired) electrons. The van der Waals surface area contributed by atoms with Crippen LogP contribution in [-0.4, -0.2) is 30.2 Å². The number of amides is 1. The van der Waals surface area contributed by atoms with Crippen molar-refractivity contribution in [3.63, 3.8) is 0 Å². The van der Waals surface area contributed by atoms with E-state index in [2.05, 4.69) is 6.07 Å². The van der Waals surface area contributed by atoms with Gasteiger partial charge in [-0.15, -0.1) is 0 Å². The van der Waals surface area contributed by atoms with Gasteiger partial charge in [0.15, 0.2) is 0 Å². The van der Waals surface area contributed by atoms with Crippen LogP contribution in [0.5, 0.6) is 5.75 Å². The number of hydrogen-bond donors (Lipinski definition) is 0. The Labute approximate surface area is 132 Å². The second kappa shape index (κ2) is 5.49. The van der Waals surface area contributed by atoms with Crippen LogP contribution < -0.4 is 4.74 Å². The molecule has 1 aliphatic heterocycles. The maximum atomic E-state index is 12.3. The largest absolute Gasteiger partial charge is 0.496 e. The Bertz CT molecular complexity index is 585. The minimum atomic E-state index is -0.461. The van der Waals surface area contributed by atoms with Gasteiger partial charge in [0.25, 0.3) is 0 Å². The third kappa shape index (κ3) is 3.06. The van der Waals surface area contributed by atoms with E-state index in [0.717, 1.165) is 24.3 Å². The number of methoxy groups -OCH3 is 1. The molecule has 1 amide bonds. The summed E-state index contributed by atoms with van der Waals surface area (Å²) >= 11 is 0.